The monoisotopic (exact) mass is 202 g/mol. The maximum absolute atomic E-state index is 12.1. The van der Waals surface area contributed by atoms with Crippen LogP contribution in [0, 0.1) is 0 Å². The van der Waals surface area contributed by atoms with E-state index in [0.29, 0.717) is 0 Å². The predicted molar refractivity (Wildman–Crippen MR) is 37.1 cm³/mol. The summed E-state index contributed by atoms with van der Waals surface area (Å²) in [6, 6.07) is 0. The standard InChI is InChI=1S/C7H10F4O2/c1-5(12)2-3-13-4-7(10,11)6(8)9/h6H,2-4H2,1H3. The Hall–Kier alpha value is -0.650. The Morgan fingerprint density at radius 3 is 2.38 bits per heavy atom. The average Bonchev–Trinajstić information content (AvgIpc) is 1.97. The zero-order valence-electron chi connectivity index (χ0n) is 7.03. The number of ketones is 1. The largest absolute Gasteiger partial charge is 0.375 e. The Balaban J connectivity index is 3.58. The van der Waals surface area contributed by atoms with Gasteiger partial charge in [0.2, 0.25) is 0 Å². The van der Waals surface area contributed by atoms with Gasteiger partial charge in [-0.3, -0.25) is 4.79 Å². The minimum absolute atomic E-state index is 0.0423. The molecule has 78 valence electrons. The summed E-state index contributed by atoms with van der Waals surface area (Å²) in [6.45, 7) is -0.343. The summed E-state index contributed by atoms with van der Waals surface area (Å²) in [6.07, 6.45) is -3.77. The Morgan fingerprint density at radius 1 is 1.46 bits per heavy atom. The van der Waals surface area contributed by atoms with Crippen molar-refractivity contribution in [2.75, 3.05) is 13.2 Å². The van der Waals surface area contributed by atoms with Crippen molar-refractivity contribution < 1.29 is 27.1 Å². The van der Waals surface area contributed by atoms with Gasteiger partial charge in [0.05, 0.1) is 6.61 Å². The SMILES string of the molecule is CC(=O)CCOCC(F)(F)C(F)F. The van der Waals surface area contributed by atoms with Gasteiger partial charge in [0.1, 0.15) is 12.4 Å². The molecule has 0 fully saturated rings. The first kappa shape index (κ1) is 12.3. The van der Waals surface area contributed by atoms with E-state index in [4.69, 9.17) is 0 Å². The molecule has 0 rings (SSSR count). The highest BCUT2D eigenvalue weighted by molar-refractivity contribution is 5.75. The van der Waals surface area contributed by atoms with E-state index in [9.17, 15) is 22.4 Å². The van der Waals surface area contributed by atoms with Crippen LogP contribution in [-0.2, 0) is 9.53 Å². The Kier molecular flexibility index (Phi) is 4.90. The molecule has 0 aromatic carbocycles. The first-order valence-corrected chi connectivity index (χ1v) is 3.59. The maximum Gasteiger partial charge on any atom is 0.330 e. The third kappa shape index (κ3) is 5.57. The number of Topliss-reactive ketones (excluding diaryl/α,β-unsaturated/α-hetero) is 1. The van der Waals surface area contributed by atoms with Crippen molar-refractivity contribution in [2.24, 2.45) is 0 Å². The lowest BCUT2D eigenvalue weighted by molar-refractivity contribution is -0.166. The fraction of sp³-hybridized carbons (Fsp3) is 0.857. The van der Waals surface area contributed by atoms with Gasteiger partial charge in [-0.05, 0) is 6.92 Å². The lowest BCUT2D eigenvalue weighted by Gasteiger charge is -2.14. The summed E-state index contributed by atoms with van der Waals surface area (Å²) in [5.74, 6) is -4.36. The molecule has 0 N–H and O–H groups in total. The van der Waals surface area contributed by atoms with E-state index in [-0.39, 0.29) is 18.8 Å². The maximum atomic E-state index is 12.1. The predicted octanol–water partition coefficient (Wildman–Crippen LogP) is 1.88. The van der Waals surface area contributed by atoms with E-state index < -0.39 is 19.0 Å². The first-order valence-electron chi connectivity index (χ1n) is 3.59. The van der Waals surface area contributed by atoms with Crippen molar-refractivity contribution in [1.29, 1.82) is 0 Å². The second-order valence-corrected chi connectivity index (χ2v) is 2.57. The number of halogens is 4. The molecule has 6 heteroatoms. The fourth-order valence-electron chi connectivity index (χ4n) is 0.487. The Morgan fingerprint density at radius 2 is 2.00 bits per heavy atom. The van der Waals surface area contributed by atoms with Gasteiger partial charge in [-0.1, -0.05) is 0 Å². The molecule has 0 aliphatic heterocycles. The van der Waals surface area contributed by atoms with Crippen LogP contribution in [0.5, 0.6) is 0 Å². The highest BCUT2D eigenvalue weighted by Gasteiger charge is 2.40. The summed E-state index contributed by atoms with van der Waals surface area (Å²) in [4.78, 5) is 10.3. The van der Waals surface area contributed by atoms with Crippen LogP contribution in [0.25, 0.3) is 0 Å². The molecule has 0 heterocycles. The minimum Gasteiger partial charge on any atom is -0.375 e. The third-order valence-electron chi connectivity index (χ3n) is 1.21. The van der Waals surface area contributed by atoms with E-state index in [1.165, 1.54) is 6.92 Å². The van der Waals surface area contributed by atoms with Crippen molar-refractivity contribution in [3.63, 3.8) is 0 Å². The molecular formula is C7H10F4O2. The number of carbonyl (C=O) groups excluding carboxylic acids is 1. The average molecular weight is 202 g/mol. The van der Waals surface area contributed by atoms with Crippen molar-refractivity contribution in [3.05, 3.63) is 0 Å². The second kappa shape index (κ2) is 5.16. The Labute approximate surface area is 72.9 Å². The van der Waals surface area contributed by atoms with Gasteiger partial charge < -0.3 is 4.74 Å². The van der Waals surface area contributed by atoms with Crippen molar-refractivity contribution in [3.8, 4) is 0 Å². The summed E-state index contributed by atoms with van der Waals surface area (Å²) in [5, 5.41) is 0. The highest BCUT2D eigenvalue weighted by atomic mass is 19.3. The van der Waals surface area contributed by atoms with Crippen LogP contribution < -0.4 is 0 Å². The molecular weight excluding hydrogens is 192 g/mol. The van der Waals surface area contributed by atoms with Gasteiger partial charge in [-0.25, -0.2) is 8.78 Å². The zero-order valence-corrected chi connectivity index (χ0v) is 7.03. The van der Waals surface area contributed by atoms with E-state index in [1.807, 2.05) is 0 Å². The molecule has 13 heavy (non-hydrogen) atoms. The van der Waals surface area contributed by atoms with Gasteiger partial charge >= 0.3 is 12.3 Å². The zero-order chi connectivity index (χ0) is 10.5. The fourth-order valence-corrected chi connectivity index (χ4v) is 0.487. The third-order valence-corrected chi connectivity index (χ3v) is 1.21. The van der Waals surface area contributed by atoms with Crippen molar-refractivity contribution in [1.82, 2.24) is 0 Å². The topological polar surface area (TPSA) is 26.3 Å². The summed E-state index contributed by atoms with van der Waals surface area (Å²) in [5.41, 5.74) is 0. The van der Waals surface area contributed by atoms with Crippen LogP contribution in [0.2, 0.25) is 0 Å². The van der Waals surface area contributed by atoms with E-state index in [2.05, 4.69) is 4.74 Å². The van der Waals surface area contributed by atoms with Crippen molar-refractivity contribution >= 4 is 5.78 Å². The molecule has 0 aliphatic rings. The number of ether oxygens (including phenoxy) is 1. The molecule has 0 amide bonds. The normalized spacial score (nSPS) is 12.2. The molecule has 0 unspecified atom stereocenters. The number of hydrogen-bond donors (Lipinski definition) is 0. The lowest BCUT2D eigenvalue weighted by Crippen LogP contribution is -2.32. The number of alkyl halides is 4. The summed E-state index contributed by atoms with van der Waals surface area (Å²) >= 11 is 0. The molecule has 0 aromatic rings. The van der Waals surface area contributed by atoms with Crippen LogP contribution in [-0.4, -0.2) is 31.3 Å². The van der Waals surface area contributed by atoms with Gasteiger partial charge in [-0.15, -0.1) is 0 Å². The number of rotatable bonds is 6. The molecule has 0 radical (unpaired) electrons. The van der Waals surface area contributed by atoms with Crippen LogP contribution in [0.1, 0.15) is 13.3 Å². The van der Waals surface area contributed by atoms with Crippen LogP contribution in [0.3, 0.4) is 0 Å². The van der Waals surface area contributed by atoms with E-state index in [0.717, 1.165) is 0 Å². The quantitative estimate of drug-likeness (QED) is 0.485. The summed E-state index contributed by atoms with van der Waals surface area (Å²) in [7, 11) is 0. The summed E-state index contributed by atoms with van der Waals surface area (Å²) < 4.78 is 51.4. The van der Waals surface area contributed by atoms with E-state index in [1.54, 1.807) is 0 Å². The van der Waals surface area contributed by atoms with Crippen LogP contribution >= 0.6 is 0 Å². The molecule has 0 saturated carbocycles. The lowest BCUT2D eigenvalue weighted by atomic mass is 10.3. The van der Waals surface area contributed by atoms with Gasteiger partial charge in [0.25, 0.3) is 0 Å². The smallest absolute Gasteiger partial charge is 0.330 e. The van der Waals surface area contributed by atoms with Gasteiger partial charge in [-0.2, -0.15) is 8.78 Å². The highest BCUT2D eigenvalue weighted by Crippen LogP contribution is 2.22. The van der Waals surface area contributed by atoms with Crippen LogP contribution in [0.15, 0.2) is 0 Å². The molecule has 0 atom stereocenters. The van der Waals surface area contributed by atoms with E-state index >= 15 is 0 Å². The van der Waals surface area contributed by atoms with Gasteiger partial charge in [0.15, 0.2) is 0 Å². The molecule has 0 saturated heterocycles. The van der Waals surface area contributed by atoms with Crippen molar-refractivity contribution in [2.45, 2.75) is 25.7 Å². The first-order chi connectivity index (χ1) is 5.86. The van der Waals surface area contributed by atoms with Crippen LogP contribution in [0.4, 0.5) is 17.6 Å². The number of carbonyl (C=O) groups is 1. The molecule has 2 nitrogen and oxygen atoms in total. The molecule has 0 spiro atoms. The number of hydrogen-bond acceptors (Lipinski definition) is 2. The Bertz CT molecular complexity index is 170. The minimum atomic E-state index is -4.13. The molecule has 0 aromatic heterocycles. The molecule has 0 aliphatic carbocycles. The van der Waals surface area contributed by atoms with Gasteiger partial charge in [0, 0.05) is 6.42 Å². The molecule has 0 bridgehead atoms. The second-order valence-electron chi connectivity index (χ2n) is 2.57.